The van der Waals surface area contributed by atoms with Gasteiger partial charge in [0.1, 0.15) is 5.82 Å². The maximum absolute atomic E-state index is 12.8. The lowest BCUT2D eigenvalue weighted by Crippen LogP contribution is -2.44. The third-order valence-corrected chi connectivity index (χ3v) is 5.30. The van der Waals surface area contributed by atoms with Gasteiger partial charge in [0.15, 0.2) is 0 Å². The Labute approximate surface area is 156 Å². The summed E-state index contributed by atoms with van der Waals surface area (Å²) in [6.45, 7) is 0. The Balaban J connectivity index is 1.57. The fraction of sp³-hybridized carbons (Fsp3) is 0.353. The van der Waals surface area contributed by atoms with Crippen molar-refractivity contribution < 1.29 is 18.0 Å². The number of alkyl halides is 3. The highest BCUT2D eigenvalue weighted by Crippen LogP contribution is 2.43. The summed E-state index contributed by atoms with van der Waals surface area (Å²) in [5, 5.41) is 2.00. The van der Waals surface area contributed by atoms with Gasteiger partial charge < -0.3 is 9.88 Å². The molecule has 2 amide bonds. The molecule has 4 heterocycles. The maximum atomic E-state index is 12.8. The van der Waals surface area contributed by atoms with E-state index in [0.29, 0.717) is 12.6 Å². The average molecular weight is 399 g/mol. The van der Waals surface area contributed by atoms with Crippen molar-refractivity contribution in [3.05, 3.63) is 56.6 Å². The lowest BCUT2D eigenvalue weighted by atomic mass is 9.95. The zero-order chi connectivity index (χ0) is 19.3. The zero-order valence-electron chi connectivity index (χ0n) is 13.8. The minimum atomic E-state index is -4.61. The third-order valence-electron chi connectivity index (χ3n) is 4.99. The number of anilines is 1. The van der Waals surface area contributed by atoms with E-state index in [0.717, 1.165) is 30.0 Å². The monoisotopic (exact) mass is 398 g/mol. The Hall–Kier alpha value is -2.55. The van der Waals surface area contributed by atoms with Gasteiger partial charge >= 0.3 is 12.2 Å². The van der Waals surface area contributed by atoms with Crippen molar-refractivity contribution >= 4 is 23.4 Å². The van der Waals surface area contributed by atoms with E-state index in [1.807, 2.05) is 0 Å². The lowest BCUT2D eigenvalue weighted by molar-refractivity contribution is -0.137. The highest BCUT2D eigenvalue weighted by Gasteiger charge is 2.43. The van der Waals surface area contributed by atoms with Crippen LogP contribution < -0.4 is 10.9 Å². The summed E-state index contributed by atoms with van der Waals surface area (Å²) in [5.74, 6) is -0.0512. The van der Waals surface area contributed by atoms with Crippen LogP contribution in [-0.4, -0.2) is 26.9 Å². The fourth-order valence-corrected chi connectivity index (χ4v) is 4.10. The second-order valence-electron chi connectivity index (χ2n) is 6.61. The fourth-order valence-electron chi connectivity index (χ4n) is 3.84. The number of fused-ring (bicyclic) bond motifs is 4. The molecule has 2 aliphatic rings. The number of urea groups is 1. The standard InChI is InChI=1S/C17H14ClF3N4O2/c18-12-5-14(22-7-11(12)17(19,20)21)24-16(27)25-9-1-2-13(25)10-6-23-15(26)4-8(10)3-9/h4-7,9,13H,1-3H2,(H,23,26)(H,22,24,27). The molecule has 2 unspecified atom stereocenters. The van der Waals surface area contributed by atoms with Crippen molar-refractivity contribution in [3.63, 3.8) is 0 Å². The minimum Gasteiger partial charge on any atom is -0.329 e. The van der Waals surface area contributed by atoms with E-state index in [2.05, 4.69) is 15.3 Å². The Bertz CT molecular complexity index is 975. The van der Waals surface area contributed by atoms with E-state index >= 15 is 0 Å². The van der Waals surface area contributed by atoms with Crippen LogP contribution in [0.2, 0.25) is 5.02 Å². The molecule has 0 aromatic carbocycles. The molecule has 0 saturated carbocycles. The first-order valence-electron chi connectivity index (χ1n) is 8.27. The number of halogens is 4. The smallest absolute Gasteiger partial charge is 0.329 e. The van der Waals surface area contributed by atoms with E-state index in [1.165, 1.54) is 0 Å². The van der Waals surface area contributed by atoms with Gasteiger partial charge in [0.25, 0.3) is 0 Å². The van der Waals surface area contributed by atoms with Crippen molar-refractivity contribution in [1.82, 2.24) is 14.9 Å². The van der Waals surface area contributed by atoms with Crippen LogP contribution in [-0.2, 0) is 12.6 Å². The molecule has 6 nitrogen and oxygen atoms in total. The molecule has 4 rings (SSSR count). The van der Waals surface area contributed by atoms with Crippen LogP contribution in [0.15, 0.2) is 29.3 Å². The molecule has 0 aliphatic carbocycles. The van der Waals surface area contributed by atoms with Gasteiger partial charge in [0.05, 0.1) is 16.6 Å². The van der Waals surface area contributed by atoms with Gasteiger partial charge in [0.2, 0.25) is 5.56 Å². The highest BCUT2D eigenvalue weighted by atomic mass is 35.5. The number of aromatic nitrogens is 2. The lowest BCUT2D eigenvalue weighted by Gasteiger charge is -2.36. The molecular weight excluding hydrogens is 385 g/mol. The molecule has 2 atom stereocenters. The molecule has 2 N–H and O–H groups in total. The second kappa shape index (κ2) is 6.26. The highest BCUT2D eigenvalue weighted by molar-refractivity contribution is 6.31. The quantitative estimate of drug-likeness (QED) is 0.768. The molecule has 27 heavy (non-hydrogen) atoms. The van der Waals surface area contributed by atoms with Crippen molar-refractivity contribution in [1.29, 1.82) is 0 Å². The number of rotatable bonds is 1. The number of hydrogen-bond acceptors (Lipinski definition) is 3. The largest absolute Gasteiger partial charge is 0.419 e. The van der Waals surface area contributed by atoms with Crippen molar-refractivity contribution in [2.24, 2.45) is 0 Å². The van der Waals surface area contributed by atoms with Crippen LogP contribution in [0.25, 0.3) is 0 Å². The SMILES string of the molecule is O=C(Nc1cc(Cl)c(C(F)(F)F)cn1)N1C2CCC1c1c[nH]c(=O)cc1C2. The van der Waals surface area contributed by atoms with E-state index < -0.39 is 22.8 Å². The van der Waals surface area contributed by atoms with Gasteiger partial charge in [-0.25, -0.2) is 9.78 Å². The first-order chi connectivity index (χ1) is 12.7. The molecule has 142 valence electrons. The molecule has 0 spiro atoms. The molecular formula is C17H14ClF3N4O2. The van der Waals surface area contributed by atoms with Crippen LogP contribution in [0.4, 0.5) is 23.8 Å². The number of nitrogens with one attached hydrogen (secondary N) is 2. The van der Waals surface area contributed by atoms with E-state index in [9.17, 15) is 22.8 Å². The Kier molecular flexibility index (Phi) is 4.14. The Morgan fingerprint density at radius 3 is 2.81 bits per heavy atom. The van der Waals surface area contributed by atoms with Gasteiger partial charge in [-0.3, -0.25) is 10.1 Å². The molecule has 2 bridgehead atoms. The van der Waals surface area contributed by atoms with Gasteiger partial charge in [0, 0.05) is 30.6 Å². The van der Waals surface area contributed by atoms with Gasteiger partial charge in [-0.1, -0.05) is 11.6 Å². The number of hydrogen-bond donors (Lipinski definition) is 2. The normalized spacial score (nSPS) is 21.1. The number of H-pyrrole nitrogens is 1. The van der Waals surface area contributed by atoms with Gasteiger partial charge in [-0.05, 0) is 30.4 Å². The summed E-state index contributed by atoms with van der Waals surface area (Å²) in [5.41, 5.74) is 0.565. The van der Waals surface area contributed by atoms with E-state index in [1.54, 1.807) is 17.2 Å². The topological polar surface area (TPSA) is 78.1 Å². The predicted octanol–water partition coefficient (Wildman–Crippen LogP) is 3.74. The summed E-state index contributed by atoms with van der Waals surface area (Å²) in [6, 6.07) is 1.81. The van der Waals surface area contributed by atoms with Gasteiger partial charge in [-0.15, -0.1) is 0 Å². The molecule has 1 fully saturated rings. The molecule has 2 aliphatic heterocycles. The molecule has 2 aromatic rings. The van der Waals surface area contributed by atoms with Crippen molar-refractivity contribution in [2.45, 2.75) is 37.5 Å². The number of aromatic amines is 1. The Morgan fingerprint density at radius 1 is 1.33 bits per heavy atom. The van der Waals surface area contributed by atoms with Crippen LogP contribution >= 0.6 is 11.6 Å². The summed E-state index contributed by atoms with van der Waals surface area (Å²) >= 11 is 5.68. The van der Waals surface area contributed by atoms with Crippen LogP contribution in [0, 0.1) is 0 Å². The molecule has 10 heteroatoms. The van der Waals surface area contributed by atoms with E-state index in [4.69, 9.17) is 11.6 Å². The average Bonchev–Trinajstić information content (AvgIpc) is 2.89. The number of nitrogens with zero attached hydrogens (tertiary/aromatic N) is 2. The maximum Gasteiger partial charge on any atom is 0.419 e. The van der Waals surface area contributed by atoms with Crippen molar-refractivity contribution in [3.8, 4) is 0 Å². The number of amides is 2. The third kappa shape index (κ3) is 3.16. The predicted molar refractivity (Wildman–Crippen MR) is 91.6 cm³/mol. The summed E-state index contributed by atoms with van der Waals surface area (Å²) in [6.07, 6.45) is -0.301. The van der Waals surface area contributed by atoms with Crippen LogP contribution in [0.3, 0.4) is 0 Å². The number of carbonyl (C=O) groups is 1. The summed E-state index contributed by atoms with van der Waals surface area (Å²) < 4.78 is 38.3. The number of pyridine rings is 2. The second-order valence-corrected chi connectivity index (χ2v) is 7.02. The summed E-state index contributed by atoms with van der Waals surface area (Å²) in [7, 11) is 0. The number of carbonyl (C=O) groups excluding carboxylic acids is 1. The summed E-state index contributed by atoms with van der Waals surface area (Å²) in [4.78, 5) is 32.2. The zero-order valence-corrected chi connectivity index (χ0v) is 14.6. The Morgan fingerprint density at radius 2 is 2.11 bits per heavy atom. The molecule has 1 saturated heterocycles. The first kappa shape index (κ1) is 17.8. The molecule has 2 aromatic heterocycles. The van der Waals surface area contributed by atoms with Gasteiger partial charge in [-0.2, -0.15) is 13.2 Å². The van der Waals surface area contributed by atoms with E-state index in [-0.39, 0.29) is 23.5 Å². The van der Waals surface area contributed by atoms with Crippen LogP contribution in [0.1, 0.15) is 35.6 Å². The first-order valence-corrected chi connectivity index (χ1v) is 8.65. The van der Waals surface area contributed by atoms with Crippen molar-refractivity contribution in [2.75, 3.05) is 5.32 Å². The molecule has 0 radical (unpaired) electrons. The minimum absolute atomic E-state index is 0.0512. The van der Waals surface area contributed by atoms with Crippen LogP contribution in [0.5, 0.6) is 0 Å².